The van der Waals surface area contributed by atoms with Crippen LogP contribution in [0.15, 0.2) is 42.5 Å². The molecule has 25 heavy (non-hydrogen) atoms. The molecule has 0 aliphatic carbocycles. The van der Waals surface area contributed by atoms with Crippen LogP contribution in [-0.4, -0.2) is 28.9 Å². The number of aromatic nitrogens is 1. The minimum absolute atomic E-state index is 0.0611. The summed E-state index contributed by atoms with van der Waals surface area (Å²) >= 11 is 7.68. The molecule has 0 saturated carbocycles. The summed E-state index contributed by atoms with van der Waals surface area (Å²) in [6, 6.07) is 13.3. The van der Waals surface area contributed by atoms with Gasteiger partial charge in [0.1, 0.15) is 5.01 Å². The molecule has 1 N–H and O–H groups in total. The molecule has 3 aromatic rings. The third-order valence-corrected chi connectivity index (χ3v) is 5.48. The predicted octanol–water partition coefficient (Wildman–Crippen LogP) is 4.72. The topological polar surface area (TPSA) is 45.2 Å². The first kappa shape index (κ1) is 17.9. The smallest absolute Gasteiger partial charge is 0.241 e. The molecule has 0 aliphatic rings. The summed E-state index contributed by atoms with van der Waals surface area (Å²) in [7, 11) is 1.93. The minimum Gasteiger partial charge on any atom is -0.324 e. The molecular weight excluding hydrogens is 354 g/mol. The van der Waals surface area contributed by atoms with Crippen molar-refractivity contribution in [3.63, 3.8) is 0 Å². The van der Waals surface area contributed by atoms with Crippen molar-refractivity contribution in [3.05, 3.63) is 58.1 Å². The predicted molar refractivity (Wildman–Crippen MR) is 105 cm³/mol. The van der Waals surface area contributed by atoms with Crippen molar-refractivity contribution in [2.75, 3.05) is 12.4 Å². The third kappa shape index (κ3) is 4.18. The van der Waals surface area contributed by atoms with Gasteiger partial charge in [0.25, 0.3) is 0 Å². The number of benzene rings is 2. The van der Waals surface area contributed by atoms with Crippen molar-refractivity contribution >= 4 is 44.7 Å². The summed E-state index contributed by atoms with van der Waals surface area (Å²) in [5, 5.41) is 4.57. The second-order valence-corrected chi connectivity index (χ2v) is 7.67. The number of fused-ring (bicyclic) bond motifs is 1. The highest BCUT2D eigenvalue weighted by atomic mass is 35.5. The highest BCUT2D eigenvalue weighted by molar-refractivity contribution is 7.18. The van der Waals surface area contributed by atoms with Gasteiger partial charge >= 0.3 is 0 Å². The molecule has 0 fully saturated rings. The Labute approximate surface area is 156 Å². The zero-order valence-corrected chi connectivity index (χ0v) is 16.0. The number of amides is 1. The van der Waals surface area contributed by atoms with Crippen LogP contribution in [0.4, 0.5) is 5.69 Å². The number of halogens is 1. The Hall–Kier alpha value is -1.95. The number of rotatable bonds is 5. The number of hydrogen-bond acceptors (Lipinski definition) is 4. The summed E-state index contributed by atoms with van der Waals surface area (Å²) < 4.78 is 1.16. The van der Waals surface area contributed by atoms with Gasteiger partial charge in [-0.05, 0) is 50.7 Å². The molecule has 1 aromatic heterocycles. The SMILES string of the molecule is Cc1ccc(Cl)cc1NC(=O)[C@@H](C)N(C)Cc1nc2ccccc2s1. The molecule has 3 rings (SSSR count). The van der Waals surface area contributed by atoms with Crippen LogP contribution in [0.1, 0.15) is 17.5 Å². The number of nitrogens with zero attached hydrogens (tertiary/aromatic N) is 2. The van der Waals surface area contributed by atoms with Crippen LogP contribution in [0.5, 0.6) is 0 Å². The Kier molecular flexibility index (Phi) is 5.37. The van der Waals surface area contributed by atoms with E-state index in [1.807, 2.05) is 56.1 Å². The molecule has 0 unspecified atom stereocenters. The summed E-state index contributed by atoms with van der Waals surface area (Å²) in [5.74, 6) is -0.0611. The van der Waals surface area contributed by atoms with Crippen LogP contribution in [-0.2, 0) is 11.3 Å². The van der Waals surface area contributed by atoms with Crippen molar-refractivity contribution < 1.29 is 4.79 Å². The van der Waals surface area contributed by atoms with Gasteiger partial charge in [-0.25, -0.2) is 4.98 Å². The van der Waals surface area contributed by atoms with Crippen molar-refractivity contribution in [1.82, 2.24) is 9.88 Å². The van der Waals surface area contributed by atoms with E-state index in [1.54, 1.807) is 17.4 Å². The van der Waals surface area contributed by atoms with Gasteiger partial charge in [-0.1, -0.05) is 29.8 Å². The summed E-state index contributed by atoms with van der Waals surface area (Å²) in [6.45, 7) is 4.46. The molecule has 1 amide bonds. The van der Waals surface area contributed by atoms with E-state index < -0.39 is 0 Å². The van der Waals surface area contributed by atoms with Gasteiger partial charge in [0.15, 0.2) is 0 Å². The lowest BCUT2D eigenvalue weighted by Crippen LogP contribution is -2.39. The fourth-order valence-electron chi connectivity index (χ4n) is 2.50. The molecule has 6 heteroatoms. The molecule has 1 heterocycles. The Bertz CT molecular complexity index is 876. The number of nitrogens with one attached hydrogen (secondary N) is 1. The number of carbonyl (C=O) groups is 1. The quantitative estimate of drug-likeness (QED) is 0.704. The third-order valence-electron chi connectivity index (χ3n) is 4.22. The van der Waals surface area contributed by atoms with Crippen LogP contribution < -0.4 is 5.32 Å². The van der Waals surface area contributed by atoms with Crippen LogP contribution in [0.2, 0.25) is 5.02 Å². The number of thiazole rings is 1. The lowest BCUT2D eigenvalue weighted by atomic mass is 10.2. The molecule has 0 spiro atoms. The number of carbonyl (C=O) groups excluding carboxylic acids is 1. The number of aryl methyl sites for hydroxylation is 1. The molecule has 130 valence electrons. The molecule has 0 saturated heterocycles. The monoisotopic (exact) mass is 373 g/mol. The Balaban J connectivity index is 1.67. The van der Waals surface area contributed by atoms with Gasteiger partial charge in [-0.2, -0.15) is 0 Å². The van der Waals surface area contributed by atoms with E-state index in [1.165, 1.54) is 0 Å². The van der Waals surface area contributed by atoms with Gasteiger partial charge in [-0.3, -0.25) is 9.69 Å². The van der Waals surface area contributed by atoms with E-state index in [0.717, 1.165) is 26.5 Å². The summed E-state index contributed by atoms with van der Waals surface area (Å²) in [4.78, 5) is 19.2. The lowest BCUT2D eigenvalue weighted by molar-refractivity contribution is -0.120. The maximum atomic E-state index is 12.6. The number of likely N-dealkylation sites (N-methyl/N-ethyl adjacent to an activating group) is 1. The number of para-hydroxylation sites is 1. The highest BCUT2D eigenvalue weighted by Gasteiger charge is 2.20. The maximum Gasteiger partial charge on any atom is 0.241 e. The van der Waals surface area contributed by atoms with Crippen molar-refractivity contribution in [3.8, 4) is 0 Å². The van der Waals surface area contributed by atoms with Gasteiger partial charge in [-0.15, -0.1) is 11.3 Å². The lowest BCUT2D eigenvalue weighted by Gasteiger charge is -2.23. The maximum absolute atomic E-state index is 12.6. The first-order valence-corrected chi connectivity index (χ1v) is 9.25. The molecule has 4 nitrogen and oxygen atoms in total. The van der Waals surface area contributed by atoms with Gasteiger partial charge in [0.05, 0.1) is 22.8 Å². The van der Waals surface area contributed by atoms with E-state index >= 15 is 0 Å². The van der Waals surface area contributed by atoms with Crippen LogP contribution in [0.3, 0.4) is 0 Å². The fourth-order valence-corrected chi connectivity index (χ4v) is 3.71. The Morgan fingerprint density at radius 1 is 1.32 bits per heavy atom. The van der Waals surface area contributed by atoms with E-state index in [0.29, 0.717) is 11.6 Å². The first-order chi connectivity index (χ1) is 11.9. The molecule has 0 bridgehead atoms. The van der Waals surface area contributed by atoms with Gasteiger partial charge in [0.2, 0.25) is 5.91 Å². The van der Waals surface area contributed by atoms with Crippen LogP contribution in [0.25, 0.3) is 10.2 Å². The second-order valence-electron chi connectivity index (χ2n) is 6.11. The summed E-state index contributed by atoms with van der Waals surface area (Å²) in [5.41, 5.74) is 2.74. The first-order valence-electron chi connectivity index (χ1n) is 8.06. The van der Waals surface area contributed by atoms with Crippen LogP contribution >= 0.6 is 22.9 Å². The molecule has 0 radical (unpaired) electrons. The van der Waals surface area contributed by atoms with Crippen molar-refractivity contribution in [2.24, 2.45) is 0 Å². The molecule has 0 aliphatic heterocycles. The van der Waals surface area contributed by atoms with E-state index in [9.17, 15) is 4.79 Å². The van der Waals surface area contributed by atoms with E-state index in [2.05, 4.69) is 16.4 Å². The second kappa shape index (κ2) is 7.52. The zero-order valence-electron chi connectivity index (χ0n) is 14.4. The standard InChI is InChI=1S/C19H20ClN3OS/c1-12-8-9-14(20)10-16(12)22-19(24)13(2)23(3)11-18-21-15-6-4-5-7-17(15)25-18/h4-10,13H,11H2,1-3H3,(H,22,24)/t13-/m1/s1. The molecular formula is C19H20ClN3OS. The average molecular weight is 374 g/mol. The molecule has 2 aromatic carbocycles. The van der Waals surface area contributed by atoms with Crippen molar-refractivity contribution in [1.29, 1.82) is 0 Å². The Morgan fingerprint density at radius 2 is 2.08 bits per heavy atom. The van der Waals surface area contributed by atoms with Gasteiger partial charge < -0.3 is 5.32 Å². The average Bonchev–Trinajstić information content (AvgIpc) is 2.99. The number of anilines is 1. The highest BCUT2D eigenvalue weighted by Crippen LogP contribution is 2.23. The van der Waals surface area contributed by atoms with E-state index in [4.69, 9.17) is 11.6 Å². The summed E-state index contributed by atoms with van der Waals surface area (Å²) in [6.07, 6.45) is 0. The molecule has 1 atom stereocenters. The van der Waals surface area contributed by atoms with E-state index in [-0.39, 0.29) is 11.9 Å². The van der Waals surface area contributed by atoms with Gasteiger partial charge in [0, 0.05) is 10.7 Å². The Morgan fingerprint density at radius 3 is 2.84 bits per heavy atom. The van der Waals surface area contributed by atoms with Crippen molar-refractivity contribution in [2.45, 2.75) is 26.4 Å². The normalized spacial score (nSPS) is 12.5. The zero-order chi connectivity index (χ0) is 18.0. The fraction of sp³-hybridized carbons (Fsp3) is 0.263. The minimum atomic E-state index is -0.287. The number of hydrogen-bond donors (Lipinski definition) is 1. The van der Waals surface area contributed by atoms with Crippen LogP contribution in [0, 0.1) is 6.92 Å². The largest absolute Gasteiger partial charge is 0.324 e.